The average Bonchev–Trinajstić information content (AvgIpc) is 2.13. The zero-order valence-corrected chi connectivity index (χ0v) is 6.92. The summed E-state index contributed by atoms with van der Waals surface area (Å²) in [5, 5.41) is 16.8. The van der Waals surface area contributed by atoms with Crippen LogP contribution < -0.4 is 0 Å². The first kappa shape index (κ1) is 9.22. The van der Waals surface area contributed by atoms with Crippen LogP contribution in [0.15, 0.2) is 18.2 Å². The first-order valence-electron chi connectivity index (χ1n) is 3.79. The van der Waals surface area contributed by atoms with Crippen molar-refractivity contribution < 1.29 is 4.39 Å². The van der Waals surface area contributed by atoms with Crippen LogP contribution in [-0.2, 0) is 12.8 Å². The van der Waals surface area contributed by atoms with Gasteiger partial charge in [-0.3, -0.25) is 0 Å². The van der Waals surface area contributed by atoms with Gasteiger partial charge in [0.25, 0.3) is 0 Å². The predicted molar refractivity (Wildman–Crippen MR) is 45.0 cm³/mol. The number of hydrogen-bond donors (Lipinski definition) is 0. The maximum absolute atomic E-state index is 13.3. The number of hydrogen-bond acceptors (Lipinski definition) is 2. The van der Waals surface area contributed by atoms with Crippen molar-refractivity contribution in [3.05, 3.63) is 35.1 Å². The molecule has 0 bridgehead atoms. The third-order valence-electron chi connectivity index (χ3n) is 1.70. The number of nitriles is 2. The minimum atomic E-state index is -0.425. The summed E-state index contributed by atoms with van der Waals surface area (Å²) in [6.45, 7) is 0. The van der Waals surface area contributed by atoms with E-state index in [0.29, 0.717) is 11.1 Å². The second-order valence-corrected chi connectivity index (χ2v) is 2.56. The summed E-state index contributed by atoms with van der Waals surface area (Å²) in [5.41, 5.74) is 0.713. The smallest absolute Gasteiger partial charge is 0.131 e. The minimum Gasteiger partial charge on any atom is -0.206 e. The summed E-state index contributed by atoms with van der Waals surface area (Å²) < 4.78 is 13.3. The molecule has 0 aliphatic rings. The van der Waals surface area contributed by atoms with E-state index in [4.69, 9.17) is 10.5 Å². The van der Waals surface area contributed by atoms with Gasteiger partial charge in [-0.1, -0.05) is 18.2 Å². The van der Waals surface area contributed by atoms with E-state index in [2.05, 4.69) is 0 Å². The molecular formula is C10H7FN2. The van der Waals surface area contributed by atoms with E-state index in [1.54, 1.807) is 18.2 Å². The molecule has 0 radical (unpaired) electrons. The predicted octanol–water partition coefficient (Wildman–Crippen LogP) is 1.96. The van der Waals surface area contributed by atoms with E-state index in [9.17, 15) is 4.39 Å². The van der Waals surface area contributed by atoms with E-state index in [0.717, 1.165) is 0 Å². The van der Waals surface area contributed by atoms with Gasteiger partial charge in [0.2, 0.25) is 0 Å². The van der Waals surface area contributed by atoms with Crippen LogP contribution >= 0.6 is 0 Å². The van der Waals surface area contributed by atoms with E-state index in [1.165, 1.54) is 0 Å². The normalized spacial score (nSPS) is 8.85. The van der Waals surface area contributed by atoms with Gasteiger partial charge in [0.1, 0.15) is 5.82 Å². The lowest BCUT2D eigenvalue weighted by Crippen LogP contribution is -1.94. The van der Waals surface area contributed by atoms with Crippen molar-refractivity contribution in [1.82, 2.24) is 0 Å². The van der Waals surface area contributed by atoms with Crippen LogP contribution in [0.5, 0.6) is 0 Å². The lowest BCUT2D eigenvalue weighted by Gasteiger charge is -2.01. The Morgan fingerprint density at radius 2 is 1.54 bits per heavy atom. The summed E-state index contributed by atoms with van der Waals surface area (Å²) in [6.07, 6.45) is 0.0935. The van der Waals surface area contributed by atoms with Gasteiger partial charge in [0.15, 0.2) is 0 Å². The highest BCUT2D eigenvalue weighted by Crippen LogP contribution is 2.13. The summed E-state index contributed by atoms with van der Waals surface area (Å²) in [4.78, 5) is 0. The molecule has 0 fully saturated rings. The molecule has 0 unspecified atom stereocenters. The quantitative estimate of drug-likeness (QED) is 0.688. The molecule has 0 amide bonds. The van der Waals surface area contributed by atoms with E-state index < -0.39 is 5.82 Å². The van der Waals surface area contributed by atoms with Crippen molar-refractivity contribution in [3.8, 4) is 12.1 Å². The van der Waals surface area contributed by atoms with Crippen molar-refractivity contribution in [3.63, 3.8) is 0 Å². The van der Waals surface area contributed by atoms with Crippen LogP contribution in [0.3, 0.4) is 0 Å². The maximum Gasteiger partial charge on any atom is 0.131 e. The number of halogens is 1. The standard InChI is InChI=1S/C10H7FN2/c11-10-8(4-6-12)2-1-3-9(10)5-7-13/h1-3H,4-5H2. The van der Waals surface area contributed by atoms with E-state index in [-0.39, 0.29) is 12.8 Å². The molecule has 0 saturated carbocycles. The van der Waals surface area contributed by atoms with Gasteiger partial charge < -0.3 is 0 Å². The molecule has 0 heterocycles. The third kappa shape index (κ3) is 2.04. The Labute approximate surface area is 75.8 Å². The highest BCUT2D eigenvalue weighted by atomic mass is 19.1. The highest BCUT2D eigenvalue weighted by Gasteiger charge is 2.06. The molecule has 3 heteroatoms. The van der Waals surface area contributed by atoms with Crippen molar-refractivity contribution >= 4 is 0 Å². The summed E-state index contributed by atoms with van der Waals surface area (Å²) >= 11 is 0. The lowest BCUT2D eigenvalue weighted by atomic mass is 10.1. The molecule has 1 rings (SSSR count). The molecule has 0 atom stereocenters. The van der Waals surface area contributed by atoms with Gasteiger partial charge in [-0.25, -0.2) is 4.39 Å². The SMILES string of the molecule is N#CCc1cccc(CC#N)c1F. The largest absolute Gasteiger partial charge is 0.206 e. The molecule has 0 aromatic heterocycles. The molecule has 0 spiro atoms. The molecule has 2 nitrogen and oxygen atoms in total. The lowest BCUT2D eigenvalue weighted by molar-refractivity contribution is 0.603. The van der Waals surface area contributed by atoms with Gasteiger partial charge in [0.05, 0.1) is 25.0 Å². The molecular weight excluding hydrogens is 167 g/mol. The summed E-state index contributed by atoms with van der Waals surface area (Å²) in [6, 6.07) is 8.51. The van der Waals surface area contributed by atoms with Crippen molar-refractivity contribution in [2.75, 3.05) is 0 Å². The van der Waals surface area contributed by atoms with Gasteiger partial charge in [-0.05, 0) is 0 Å². The molecule has 64 valence electrons. The van der Waals surface area contributed by atoms with Crippen molar-refractivity contribution in [2.24, 2.45) is 0 Å². The van der Waals surface area contributed by atoms with Gasteiger partial charge in [0, 0.05) is 11.1 Å². The topological polar surface area (TPSA) is 47.6 Å². The van der Waals surface area contributed by atoms with Crippen LogP contribution in [0.25, 0.3) is 0 Å². The molecule has 1 aromatic carbocycles. The highest BCUT2D eigenvalue weighted by molar-refractivity contribution is 5.29. The molecule has 0 saturated heterocycles. The fourth-order valence-corrected chi connectivity index (χ4v) is 1.08. The molecule has 13 heavy (non-hydrogen) atoms. The van der Waals surface area contributed by atoms with Gasteiger partial charge in [-0.2, -0.15) is 10.5 Å². The van der Waals surface area contributed by atoms with Crippen LogP contribution in [0.4, 0.5) is 4.39 Å². The second kappa shape index (κ2) is 4.23. The van der Waals surface area contributed by atoms with Gasteiger partial charge >= 0.3 is 0 Å². The van der Waals surface area contributed by atoms with Crippen LogP contribution in [0, 0.1) is 28.5 Å². The van der Waals surface area contributed by atoms with E-state index in [1.807, 2.05) is 12.1 Å². The Hall–Kier alpha value is -1.87. The van der Waals surface area contributed by atoms with Crippen LogP contribution in [-0.4, -0.2) is 0 Å². The fourth-order valence-electron chi connectivity index (χ4n) is 1.08. The molecule has 0 aliphatic heterocycles. The van der Waals surface area contributed by atoms with Crippen LogP contribution in [0.1, 0.15) is 11.1 Å². The maximum atomic E-state index is 13.3. The van der Waals surface area contributed by atoms with Crippen LogP contribution in [0.2, 0.25) is 0 Å². The Kier molecular flexibility index (Phi) is 3.00. The second-order valence-electron chi connectivity index (χ2n) is 2.56. The number of rotatable bonds is 2. The number of benzene rings is 1. The van der Waals surface area contributed by atoms with Crippen molar-refractivity contribution in [2.45, 2.75) is 12.8 Å². The Morgan fingerprint density at radius 3 is 1.92 bits per heavy atom. The molecule has 1 aromatic rings. The summed E-state index contributed by atoms with van der Waals surface area (Å²) in [5.74, 6) is -0.425. The third-order valence-corrected chi connectivity index (χ3v) is 1.70. The number of nitrogens with zero attached hydrogens (tertiary/aromatic N) is 2. The van der Waals surface area contributed by atoms with E-state index >= 15 is 0 Å². The zero-order valence-electron chi connectivity index (χ0n) is 6.92. The first-order chi connectivity index (χ1) is 6.29. The summed E-state index contributed by atoms with van der Waals surface area (Å²) in [7, 11) is 0. The minimum absolute atomic E-state index is 0.0467. The first-order valence-corrected chi connectivity index (χ1v) is 3.79. The Bertz CT molecular complexity index is 351. The molecule has 0 aliphatic carbocycles. The van der Waals surface area contributed by atoms with Crippen molar-refractivity contribution in [1.29, 1.82) is 10.5 Å². The van der Waals surface area contributed by atoms with Gasteiger partial charge in [-0.15, -0.1) is 0 Å². The Balaban J connectivity index is 3.06. The average molecular weight is 174 g/mol. The Morgan fingerprint density at radius 1 is 1.08 bits per heavy atom. The fraction of sp³-hybridized carbons (Fsp3) is 0.200. The molecule has 0 N–H and O–H groups in total. The zero-order chi connectivity index (χ0) is 9.68. The monoisotopic (exact) mass is 174 g/mol.